The lowest BCUT2D eigenvalue weighted by molar-refractivity contribution is 0.0696. The molecule has 0 aliphatic rings. The number of carboxylic acids is 1. The average molecular weight is 443 g/mol. The van der Waals surface area contributed by atoms with Crippen molar-refractivity contribution in [1.29, 1.82) is 0 Å². The van der Waals surface area contributed by atoms with Gasteiger partial charge in [0.15, 0.2) is 4.87 Å². The predicted octanol–water partition coefficient (Wildman–Crippen LogP) is 3.65. The van der Waals surface area contributed by atoms with E-state index in [9.17, 15) is 13.2 Å². The summed E-state index contributed by atoms with van der Waals surface area (Å²) in [6.45, 7) is 1.17. The number of furan rings is 1. The maximum absolute atomic E-state index is 12.9. The van der Waals surface area contributed by atoms with E-state index < -0.39 is 20.7 Å². The van der Waals surface area contributed by atoms with E-state index in [1.54, 1.807) is 0 Å². The maximum atomic E-state index is 12.9. The molecular formula is C13H10BrCl2NO5S. The van der Waals surface area contributed by atoms with Crippen LogP contribution in [0.25, 0.3) is 0 Å². The summed E-state index contributed by atoms with van der Waals surface area (Å²) in [7, 11) is -4.28. The third-order valence-electron chi connectivity index (χ3n) is 3.13. The van der Waals surface area contributed by atoms with Gasteiger partial charge in [0, 0.05) is 4.47 Å². The monoisotopic (exact) mass is 441 g/mol. The van der Waals surface area contributed by atoms with Crippen molar-refractivity contribution in [2.45, 2.75) is 16.7 Å². The highest BCUT2D eigenvalue weighted by Crippen LogP contribution is 2.40. The Morgan fingerprint density at radius 3 is 2.26 bits per heavy atom. The van der Waals surface area contributed by atoms with E-state index in [-0.39, 0.29) is 26.3 Å². The van der Waals surface area contributed by atoms with E-state index in [4.69, 9.17) is 38.5 Å². The van der Waals surface area contributed by atoms with Crippen molar-refractivity contribution in [1.82, 2.24) is 0 Å². The van der Waals surface area contributed by atoms with E-state index >= 15 is 0 Å². The van der Waals surface area contributed by atoms with Gasteiger partial charge < -0.3 is 15.3 Å². The summed E-state index contributed by atoms with van der Waals surface area (Å²) >= 11 is 15.1. The van der Waals surface area contributed by atoms with Gasteiger partial charge in [-0.1, -0.05) is 39.1 Å². The highest BCUT2D eigenvalue weighted by molar-refractivity contribution is 9.10. The Morgan fingerprint density at radius 2 is 1.83 bits per heavy atom. The van der Waals surface area contributed by atoms with Crippen molar-refractivity contribution in [2.24, 2.45) is 5.73 Å². The van der Waals surface area contributed by atoms with Crippen molar-refractivity contribution >= 4 is 54.9 Å². The lowest BCUT2D eigenvalue weighted by atomic mass is 10.2. The first-order chi connectivity index (χ1) is 10.5. The standard InChI is InChI=1S/C13H10BrCl2NO5S/c1-13(17,10-2-6(5-22-10)12(18)19)23(20,21)11-8(15)3-7(14)4-9(11)16/h2-5H,17H2,1H3,(H,18,19). The van der Waals surface area contributed by atoms with Crippen LogP contribution in [0.4, 0.5) is 0 Å². The summed E-state index contributed by atoms with van der Waals surface area (Å²) in [5.41, 5.74) is 5.71. The number of halogens is 3. The fourth-order valence-corrected chi connectivity index (χ4v) is 5.08. The van der Waals surface area contributed by atoms with Crippen molar-refractivity contribution in [3.05, 3.63) is 50.3 Å². The molecule has 0 amide bonds. The zero-order valence-electron chi connectivity index (χ0n) is 11.5. The normalized spacial score (nSPS) is 14.5. The van der Waals surface area contributed by atoms with E-state index in [1.807, 2.05) is 0 Å². The molecule has 2 rings (SSSR count). The number of hydrogen-bond acceptors (Lipinski definition) is 5. The first-order valence-corrected chi connectivity index (χ1v) is 9.02. The number of aromatic carboxylic acids is 1. The summed E-state index contributed by atoms with van der Waals surface area (Å²) in [6, 6.07) is 3.77. The number of hydrogen-bond donors (Lipinski definition) is 2. The van der Waals surface area contributed by atoms with Gasteiger partial charge in [0.2, 0.25) is 9.84 Å². The van der Waals surface area contributed by atoms with Crippen LogP contribution in [0.15, 0.2) is 38.2 Å². The Labute approximate surface area is 150 Å². The molecule has 0 spiro atoms. The first-order valence-electron chi connectivity index (χ1n) is 5.99. The van der Waals surface area contributed by atoms with Crippen LogP contribution >= 0.6 is 39.1 Å². The lowest BCUT2D eigenvalue weighted by Crippen LogP contribution is -2.41. The molecule has 0 aliphatic heterocycles. The largest absolute Gasteiger partial charge is 0.478 e. The van der Waals surface area contributed by atoms with Crippen molar-refractivity contribution < 1.29 is 22.7 Å². The van der Waals surface area contributed by atoms with Crippen LogP contribution in [0.5, 0.6) is 0 Å². The quantitative estimate of drug-likeness (QED) is 0.747. The van der Waals surface area contributed by atoms with Crippen LogP contribution in [0.2, 0.25) is 10.0 Å². The van der Waals surface area contributed by atoms with Crippen molar-refractivity contribution in [3.8, 4) is 0 Å². The number of benzene rings is 1. The van der Waals surface area contributed by atoms with Crippen molar-refractivity contribution in [3.63, 3.8) is 0 Å². The van der Waals surface area contributed by atoms with Crippen LogP contribution in [0.1, 0.15) is 23.0 Å². The summed E-state index contributed by atoms with van der Waals surface area (Å²) < 4.78 is 31.3. The summed E-state index contributed by atoms with van der Waals surface area (Å²) in [5, 5.41) is 8.67. The highest BCUT2D eigenvalue weighted by Gasteiger charge is 2.43. The van der Waals surface area contributed by atoms with Gasteiger partial charge in [-0.3, -0.25) is 0 Å². The molecule has 0 fully saturated rings. The fraction of sp³-hybridized carbons (Fsp3) is 0.154. The molecule has 0 bridgehead atoms. The van der Waals surface area contributed by atoms with Gasteiger partial charge in [-0.25, -0.2) is 13.2 Å². The zero-order chi connectivity index (χ0) is 17.6. The van der Waals surface area contributed by atoms with E-state index in [0.29, 0.717) is 4.47 Å². The Kier molecular flexibility index (Phi) is 4.85. The molecule has 1 heterocycles. The second-order valence-corrected chi connectivity index (χ2v) is 8.81. The van der Waals surface area contributed by atoms with E-state index in [1.165, 1.54) is 19.1 Å². The number of rotatable bonds is 4. The first kappa shape index (κ1) is 18.3. The van der Waals surface area contributed by atoms with E-state index in [2.05, 4.69) is 15.9 Å². The molecule has 0 saturated heterocycles. The summed E-state index contributed by atoms with van der Waals surface area (Å²) in [6.07, 6.45) is 0.906. The molecule has 3 N–H and O–H groups in total. The highest BCUT2D eigenvalue weighted by atomic mass is 79.9. The molecule has 1 aromatic heterocycles. The SMILES string of the molecule is CC(N)(c1cc(C(=O)O)co1)S(=O)(=O)c1c(Cl)cc(Br)cc1Cl. The van der Waals surface area contributed by atoms with Crippen LogP contribution in [-0.4, -0.2) is 19.5 Å². The number of sulfone groups is 1. The Balaban J connectivity index is 2.64. The predicted molar refractivity (Wildman–Crippen MR) is 88.6 cm³/mol. The Hall–Kier alpha value is -1.06. The van der Waals surface area contributed by atoms with Crippen LogP contribution in [0, 0.1) is 0 Å². The molecule has 1 aromatic carbocycles. The van der Waals surface area contributed by atoms with Crippen molar-refractivity contribution in [2.75, 3.05) is 0 Å². The molecule has 0 radical (unpaired) electrons. The Morgan fingerprint density at radius 1 is 1.30 bits per heavy atom. The Bertz CT molecular complexity index is 869. The molecule has 0 aliphatic carbocycles. The minimum absolute atomic E-state index is 0.119. The summed E-state index contributed by atoms with van der Waals surface area (Å²) in [4.78, 5) is 8.48. The van der Waals surface area contributed by atoms with Gasteiger partial charge >= 0.3 is 5.97 Å². The molecule has 23 heavy (non-hydrogen) atoms. The number of carboxylic acid groups (broad SMARTS) is 1. The smallest absolute Gasteiger partial charge is 0.338 e. The second-order valence-electron chi connectivity index (χ2n) is 4.81. The molecule has 0 saturated carbocycles. The lowest BCUT2D eigenvalue weighted by Gasteiger charge is -2.23. The zero-order valence-corrected chi connectivity index (χ0v) is 15.4. The number of nitrogens with two attached hydrogens (primary N) is 1. The fourth-order valence-electron chi connectivity index (χ4n) is 1.84. The third-order valence-corrected chi connectivity index (χ3v) is 6.70. The van der Waals surface area contributed by atoms with Crippen LogP contribution < -0.4 is 5.73 Å². The molecule has 1 unspecified atom stereocenters. The van der Waals surface area contributed by atoms with Crippen LogP contribution in [0.3, 0.4) is 0 Å². The van der Waals surface area contributed by atoms with Gasteiger partial charge in [0.1, 0.15) is 16.9 Å². The molecule has 6 nitrogen and oxygen atoms in total. The topological polar surface area (TPSA) is 111 Å². The third kappa shape index (κ3) is 3.14. The van der Waals surface area contributed by atoms with Gasteiger partial charge in [0.05, 0.1) is 15.6 Å². The molecule has 1 atom stereocenters. The molecule has 10 heteroatoms. The number of carbonyl (C=O) groups is 1. The minimum atomic E-state index is -4.28. The van der Waals surface area contributed by atoms with E-state index in [0.717, 1.165) is 12.3 Å². The van der Waals surface area contributed by atoms with Gasteiger partial charge in [0.25, 0.3) is 0 Å². The van der Waals surface area contributed by atoms with Gasteiger partial charge in [-0.2, -0.15) is 0 Å². The molecular weight excluding hydrogens is 433 g/mol. The van der Waals surface area contributed by atoms with Gasteiger partial charge in [-0.15, -0.1) is 0 Å². The summed E-state index contributed by atoms with van der Waals surface area (Å²) in [5.74, 6) is -1.52. The average Bonchev–Trinajstić information content (AvgIpc) is 2.86. The molecule has 2 aromatic rings. The van der Waals surface area contributed by atoms with Crippen LogP contribution in [-0.2, 0) is 14.7 Å². The van der Waals surface area contributed by atoms with Gasteiger partial charge in [-0.05, 0) is 25.1 Å². The maximum Gasteiger partial charge on any atom is 0.338 e. The molecule has 124 valence electrons. The minimum Gasteiger partial charge on any atom is -0.478 e. The second kappa shape index (κ2) is 6.10.